The van der Waals surface area contributed by atoms with E-state index in [1.807, 2.05) is 50.2 Å². The third-order valence-electron chi connectivity index (χ3n) is 2.95. The maximum atomic E-state index is 12.3. The van der Waals surface area contributed by atoms with Crippen molar-refractivity contribution >= 4 is 49.1 Å². The van der Waals surface area contributed by atoms with E-state index in [1.165, 1.54) is 0 Å². The van der Waals surface area contributed by atoms with Crippen molar-refractivity contribution in [1.82, 2.24) is 0 Å². The van der Waals surface area contributed by atoms with Gasteiger partial charge in [0.1, 0.15) is 0 Å². The topological polar surface area (TPSA) is 41.1 Å². The van der Waals surface area contributed by atoms with E-state index in [9.17, 15) is 4.79 Å². The summed E-state index contributed by atoms with van der Waals surface area (Å²) in [6.45, 7) is 4.89. The summed E-state index contributed by atoms with van der Waals surface area (Å²) in [6, 6.07) is 11.4. The second kappa shape index (κ2) is 7.09. The normalized spacial score (nSPS) is 10.3. The van der Waals surface area contributed by atoms with Crippen LogP contribution < -0.4 is 10.6 Å². The lowest BCUT2D eigenvalue weighted by molar-refractivity contribution is 0.102. The molecule has 5 heteroatoms. The first-order valence-electron chi connectivity index (χ1n) is 6.62. The van der Waals surface area contributed by atoms with Gasteiger partial charge in [0.2, 0.25) is 0 Å². The largest absolute Gasteiger partial charge is 0.385 e. The van der Waals surface area contributed by atoms with Gasteiger partial charge in [-0.1, -0.05) is 0 Å². The average Bonchev–Trinajstić information content (AvgIpc) is 2.43. The van der Waals surface area contributed by atoms with E-state index in [-0.39, 0.29) is 5.91 Å². The molecule has 110 valence electrons. The van der Waals surface area contributed by atoms with Crippen molar-refractivity contribution in [3.63, 3.8) is 0 Å². The van der Waals surface area contributed by atoms with Gasteiger partial charge in [0.15, 0.2) is 0 Å². The van der Waals surface area contributed by atoms with Gasteiger partial charge >= 0.3 is 0 Å². The highest BCUT2D eigenvalue weighted by Gasteiger charge is 2.11. The van der Waals surface area contributed by atoms with Crippen molar-refractivity contribution in [3.8, 4) is 0 Å². The molecule has 0 aliphatic carbocycles. The first-order valence-corrected chi connectivity index (χ1v) is 8.20. The van der Waals surface area contributed by atoms with Crippen molar-refractivity contribution in [2.24, 2.45) is 0 Å². The molecule has 0 spiro atoms. The van der Waals surface area contributed by atoms with E-state index in [4.69, 9.17) is 0 Å². The predicted octanol–water partition coefficient (Wildman–Crippen LogP) is 5.20. The van der Waals surface area contributed by atoms with Crippen LogP contribution in [0.15, 0.2) is 45.3 Å². The van der Waals surface area contributed by atoms with E-state index >= 15 is 0 Å². The number of carbonyl (C=O) groups is 1. The smallest absolute Gasteiger partial charge is 0.255 e. The molecular weight excluding hydrogens is 396 g/mol. The molecule has 0 atom stereocenters. The van der Waals surface area contributed by atoms with E-state index < -0.39 is 0 Å². The number of rotatable bonds is 4. The molecule has 0 saturated carbocycles. The van der Waals surface area contributed by atoms with E-state index in [0.717, 1.165) is 32.4 Å². The molecule has 3 nitrogen and oxygen atoms in total. The Morgan fingerprint density at radius 1 is 1.10 bits per heavy atom. The summed E-state index contributed by atoms with van der Waals surface area (Å²) >= 11 is 6.95. The van der Waals surface area contributed by atoms with Gasteiger partial charge in [0, 0.05) is 26.7 Å². The number of nitrogens with one attached hydrogen (secondary N) is 2. The molecular formula is C16H16Br2N2O. The number of hydrogen-bond acceptors (Lipinski definition) is 2. The summed E-state index contributed by atoms with van der Waals surface area (Å²) in [5.41, 5.74) is 3.48. The Hall–Kier alpha value is -1.33. The Kier molecular flexibility index (Phi) is 5.42. The second-order valence-electron chi connectivity index (χ2n) is 4.67. The number of halogens is 2. The zero-order valence-electron chi connectivity index (χ0n) is 11.8. The van der Waals surface area contributed by atoms with Crippen molar-refractivity contribution in [2.45, 2.75) is 13.8 Å². The molecule has 0 heterocycles. The molecule has 0 radical (unpaired) electrons. The fourth-order valence-corrected chi connectivity index (χ4v) is 3.56. The number of amides is 1. The summed E-state index contributed by atoms with van der Waals surface area (Å²) in [6.07, 6.45) is 0. The Labute approximate surface area is 141 Å². The summed E-state index contributed by atoms with van der Waals surface area (Å²) in [7, 11) is 0. The quantitative estimate of drug-likeness (QED) is 0.725. The molecule has 0 fully saturated rings. The van der Waals surface area contributed by atoms with Crippen LogP contribution in [0.4, 0.5) is 11.4 Å². The van der Waals surface area contributed by atoms with Gasteiger partial charge in [0.05, 0.1) is 5.69 Å². The second-order valence-corrected chi connectivity index (χ2v) is 6.37. The van der Waals surface area contributed by atoms with Gasteiger partial charge in [-0.05, 0) is 87.7 Å². The molecule has 0 aromatic heterocycles. The molecule has 0 saturated heterocycles. The van der Waals surface area contributed by atoms with Crippen molar-refractivity contribution < 1.29 is 4.79 Å². The third-order valence-corrected chi connectivity index (χ3v) is 4.20. The molecule has 2 N–H and O–H groups in total. The molecule has 0 bridgehead atoms. The van der Waals surface area contributed by atoms with Gasteiger partial charge in [-0.2, -0.15) is 0 Å². The van der Waals surface area contributed by atoms with Crippen LogP contribution in [-0.4, -0.2) is 12.5 Å². The van der Waals surface area contributed by atoms with Gasteiger partial charge in [-0.3, -0.25) is 4.79 Å². The summed E-state index contributed by atoms with van der Waals surface area (Å²) in [5.74, 6) is -0.136. The maximum Gasteiger partial charge on any atom is 0.255 e. The van der Waals surface area contributed by atoms with Crippen LogP contribution in [0, 0.1) is 6.92 Å². The standard InChI is InChI=1S/C16H16Br2N2O/c1-3-19-12-6-4-11(5-7-12)16(21)20-15-13(17)8-10(2)9-14(15)18/h4-9,19H,3H2,1-2H3,(H,20,21). The van der Waals surface area contributed by atoms with Crippen molar-refractivity contribution in [2.75, 3.05) is 17.2 Å². The van der Waals surface area contributed by atoms with Gasteiger partial charge in [-0.15, -0.1) is 0 Å². The lowest BCUT2D eigenvalue weighted by Gasteiger charge is -2.11. The minimum Gasteiger partial charge on any atom is -0.385 e. The number of hydrogen-bond donors (Lipinski definition) is 2. The first kappa shape index (κ1) is 16.0. The van der Waals surface area contributed by atoms with Crippen LogP contribution in [0.5, 0.6) is 0 Å². The van der Waals surface area contributed by atoms with Gasteiger partial charge in [0.25, 0.3) is 5.91 Å². The number of aryl methyl sites for hydroxylation is 1. The Morgan fingerprint density at radius 3 is 2.19 bits per heavy atom. The highest BCUT2D eigenvalue weighted by Crippen LogP contribution is 2.32. The number of benzene rings is 2. The van der Waals surface area contributed by atoms with Crippen LogP contribution in [0.2, 0.25) is 0 Å². The highest BCUT2D eigenvalue weighted by atomic mass is 79.9. The van der Waals surface area contributed by atoms with Crippen LogP contribution in [0.1, 0.15) is 22.8 Å². The Balaban J connectivity index is 2.18. The van der Waals surface area contributed by atoms with Crippen molar-refractivity contribution in [3.05, 3.63) is 56.5 Å². The molecule has 2 rings (SSSR count). The van der Waals surface area contributed by atoms with Crippen LogP contribution in [-0.2, 0) is 0 Å². The summed E-state index contributed by atoms with van der Waals surface area (Å²) in [4.78, 5) is 12.3. The monoisotopic (exact) mass is 410 g/mol. The van der Waals surface area contributed by atoms with Crippen LogP contribution >= 0.6 is 31.9 Å². The molecule has 0 unspecified atom stereocenters. The van der Waals surface area contributed by atoms with Crippen LogP contribution in [0.3, 0.4) is 0 Å². The van der Waals surface area contributed by atoms with Crippen molar-refractivity contribution in [1.29, 1.82) is 0 Å². The fraction of sp³-hybridized carbons (Fsp3) is 0.188. The third kappa shape index (κ3) is 4.08. The molecule has 0 aliphatic rings. The zero-order valence-corrected chi connectivity index (χ0v) is 15.0. The van der Waals surface area contributed by atoms with E-state index in [0.29, 0.717) is 5.56 Å². The molecule has 2 aromatic rings. The molecule has 21 heavy (non-hydrogen) atoms. The highest BCUT2D eigenvalue weighted by molar-refractivity contribution is 9.11. The lowest BCUT2D eigenvalue weighted by atomic mass is 10.1. The molecule has 0 aliphatic heterocycles. The Bertz CT molecular complexity index is 631. The van der Waals surface area contributed by atoms with E-state index in [2.05, 4.69) is 42.5 Å². The average molecular weight is 412 g/mol. The summed E-state index contributed by atoms with van der Waals surface area (Å²) < 4.78 is 1.71. The summed E-state index contributed by atoms with van der Waals surface area (Å²) in [5, 5.41) is 6.12. The van der Waals surface area contributed by atoms with Crippen LogP contribution in [0.25, 0.3) is 0 Å². The minimum atomic E-state index is -0.136. The molecule has 1 amide bonds. The van der Waals surface area contributed by atoms with Gasteiger partial charge in [-0.25, -0.2) is 0 Å². The first-order chi connectivity index (χ1) is 10.0. The Morgan fingerprint density at radius 2 is 1.67 bits per heavy atom. The lowest BCUT2D eigenvalue weighted by Crippen LogP contribution is -2.13. The maximum absolute atomic E-state index is 12.3. The minimum absolute atomic E-state index is 0.136. The fourth-order valence-electron chi connectivity index (χ4n) is 1.95. The van der Waals surface area contributed by atoms with Gasteiger partial charge < -0.3 is 10.6 Å². The number of anilines is 2. The molecule has 2 aromatic carbocycles. The van der Waals surface area contributed by atoms with E-state index in [1.54, 1.807) is 0 Å². The SMILES string of the molecule is CCNc1ccc(C(=O)Nc2c(Br)cc(C)cc2Br)cc1. The predicted molar refractivity (Wildman–Crippen MR) is 95.1 cm³/mol. The zero-order chi connectivity index (χ0) is 15.4. The number of carbonyl (C=O) groups excluding carboxylic acids is 1.